The van der Waals surface area contributed by atoms with Crippen molar-refractivity contribution in [2.75, 3.05) is 26.7 Å². The fraction of sp³-hybridized carbons (Fsp3) is 0.533. The Bertz CT molecular complexity index is 493. The van der Waals surface area contributed by atoms with Gasteiger partial charge in [0.2, 0.25) is 0 Å². The van der Waals surface area contributed by atoms with Crippen LogP contribution in [-0.4, -0.2) is 48.4 Å². The maximum absolute atomic E-state index is 12.5. The Balaban J connectivity index is 2.05. The minimum absolute atomic E-state index is 0.0762. The van der Waals surface area contributed by atoms with Crippen LogP contribution in [0.5, 0.6) is 0 Å². The number of halogens is 2. The smallest absolute Gasteiger partial charge is 0.254 e. The van der Waals surface area contributed by atoms with Crippen LogP contribution >= 0.6 is 31.9 Å². The molecule has 5 heteroatoms. The Morgan fingerprint density at radius 3 is 2.85 bits per heavy atom. The van der Waals surface area contributed by atoms with Crippen molar-refractivity contribution >= 4 is 37.8 Å². The molecule has 2 rings (SSSR count). The van der Waals surface area contributed by atoms with Crippen molar-refractivity contribution in [1.29, 1.82) is 0 Å². The molecular formula is C15H20Br2N2O. The quantitative estimate of drug-likeness (QED) is 0.763. The average Bonchev–Trinajstić information content (AvgIpc) is 2.85. The van der Waals surface area contributed by atoms with Crippen molar-refractivity contribution in [3.8, 4) is 0 Å². The van der Waals surface area contributed by atoms with Crippen LogP contribution in [0.3, 0.4) is 0 Å². The normalized spacial score (nSPS) is 19.3. The second-order valence-electron chi connectivity index (χ2n) is 5.23. The van der Waals surface area contributed by atoms with Crippen LogP contribution in [0.2, 0.25) is 0 Å². The number of likely N-dealkylation sites (N-methyl/N-ethyl adjacent to an activating group) is 2. The monoisotopic (exact) mass is 402 g/mol. The first-order valence-electron chi connectivity index (χ1n) is 6.97. The summed E-state index contributed by atoms with van der Waals surface area (Å²) in [6, 6.07) is 6.18. The molecule has 20 heavy (non-hydrogen) atoms. The lowest BCUT2D eigenvalue weighted by atomic mass is 10.1. The zero-order valence-electron chi connectivity index (χ0n) is 11.9. The molecule has 0 bridgehead atoms. The molecule has 1 amide bonds. The maximum Gasteiger partial charge on any atom is 0.254 e. The van der Waals surface area contributed by atoms with Crippen LogP contribution in [0.1, 0.15) is 30.1 Å². The molecular weight excluding hydrogens is 384 g/mol. The van der Waals surface area contributed by atoms with Crippen molar-refractivity contribution in [3.05, 3.63) is 32.7 Å². The summed E-state index contributed by atoms with van der Waals surface area (Å²) in [7, 11) is 1.89. The van der Waals surface area contributed by atoms with Gasteiger partial charge in [0, 0.05) is 28.6 Å². The molecule has 1 atom stereocenters. The summed E-state index contributed by atoms with van der Waals surface area (Å²) in [6.45, 7) is 5.21. The standard InChI is InChI=1S/C15H20Br2N2O/c1-3-19-8-4-5-12(19)10-18(2)15(20)13-7-6-11(16)9-14(13)17/h6-7,9,12H,3-5,8,10H2,1-2H3. The van der Waals surface area contributed by atoms with Gasteiger partial charge < -0.3 is 4.90 Å². The van der Waals surface area contributed by atoms with Crippen molar-refractivity contribution < 1.29 is 4.79 Å². The molecule has 0 radical (unpaired) electrons. The third kappa shape index (κ3) is 3.62. The summed E-state index contributed by atoms with van der Waals surface area (Å²) in [5.41, 5.74) is 0.719. The summed E-state index contributed by atoms with van der Waals surface area (Å²) in [5.74, 6) is 0.0762. The molecule has 110 valence electrons. The Labute approximate surface area is 137 Å². The lowest BCUT2D eigenvalue weighted by Gasteiger charge is -2.28. The second kappa shape index (κ2) is 7.05. The first-order valence-corrected chi connectivity index (χ1v) is 8.56. The highest BCUT2D eigenvalue weighted by atomic mass is 79.9. The van der Waals surface area contributed by atoms with E-state index < -0.39 is 0 Å². The van der Waals surface area contributed by atoms with E-state index in [9.17, 15) is 4.79 Å². The van der Waals surface area contributed by atoms with E-state index in [1.165, 1.54) is 12.8 Å². The molecule has 1 heterocycles. The molecule has 1 aromatic carbocycles. The zero-order valence-corrected chi connectivity index (χ0v) is 15.1. The van der Waals surface area contributed by atoms with Gasteiger partial charge in [0.1, 0.15) is 0 Å². The molecule has 0 spiro atoms. The van der Waals surface area contributed by atoms with Gasteiger partial charge in [0.05, 0.1) is 5.56 Å². The first kappa shape index (κ1) is 16.0. The molecule has 3 nitrogen and oxygen atoms in total. The lowest BCUT2D eigenvalue weighted by molar-refractivity contribution is 0.0753. The fourth-order valence-corrected chi connectivity index (χ4v) is 4.00. The van der Waals surface area contributed by atoms with Gasteiger partial charge in [-0.15, -0.1) is 0 Å². The molecule has 1 unspecified atom stereocenters. The van der Waals surface area contributed by atoms with Crippen LogP contribution in [0.25, 0.3) is 0 Å². The molecule has 1 aliphatic heterocycles. The van der Waals surface area contributed by atoms with Crippen LogP contribution in [0.15, 0.2) is 27.1 Å². The molecule has 0 aliphatic carbocycles. The Morgan fingerprint density at radius 2 is 2.20 bits per heavy atom. The molecule has 1 aromatic rings. The molecule has 0 aromatic heterocycles. The molecule has 1 fully saturated rings. The first-order chi connectivity index (χ1) is 9.52. The minimum atomic E-state index is 0.0762. The SMILES string of the molecule is CCN1CCCC1CN(C)C(=O)c1ccc(Br)cc1Br. The number of amides is 1. The average molecular weight is 404 g/mol. The van der Waals surface area contributed by atoms with Crippen molar-refractivity contribution in [1.82, 2.24) is 9.80 Å². The van der Waals surface area contributed by atoms with E-state index in [2.05, 4.69) is 43.7 Å². The van der Waals surface area contributed by atoms with E-state index in [1.54, 1.807) is 0 Å². The van der Waals surface area contributed by atoms with E-state index in [1.807, 2.05) is 30.1 Å². The number of carbonyl (C=O) groups is 1. The Morgan fingerprint density at radius 1 is 1.45 bits per heavy atom. The van der Waals surface area contributed by atoms with E-state index in [4.69, 9.17) is 0 Å². The van der Waals surface area contributed by atoms with E-state index in [0.29, 0.717) is 6.04 Å². The van der Waals surface area contributed by atoms with Gasteiger partial charge in [-0.2, -0.15) is 0 Å². The number of hydrogen-bond donors (Lipinski definition) is 0. The predicted octanol–water partition coefficient (Wildman–Crippen LogP) is 3.77. The largest absolute Gasteiger partial charge is 0.340 e. The predicted molar refractivity (Wildman–Crippen MR) is 89.1 cm³/mol. The number of nitrogens with zero attached hydrogens (tertiary/aromatic N) is 2. The van der Waals surface area contributed by atoms with Crippen LogP contribution in [0.4, 0.5) is 0 Å². The van der Waals surface area contributed by atoms with Crippen molar-refractivity contribution in [3.63, 3.8) is 0 Å². The number of benzene rings is 1. The fourth-order valence-electron chi connectivity index (χ4n) is 2.79. The van der Waals surface area contributed by atoms with E-state index in [-0.39, 0.29) is 5.91 Å². The Kier molecular flexibility index (Phi) is 5.64. The lowest BCUT2D eigenvalue weighted by Crippen LogP contribution is -2.41. The van der Waals surface area contributed by atoms with E-state index >= 15 is 0 Å². The van der Waals surface area contributed by atoms with Gasteiger partial charge >= 0.3 is 0 Å². The molecule has 0 N–H and O–H groups in total. The summed E-state index contributed by atoms with van der Waals surface area (Å²) < 4.78 is 1.80. The number of carbonyl (C=O) groups excluding carboxylic acids is 1. The Hall–Kier alpha value is -0.390. The highest BCUT2D eigenvalue weighted by Crippen LogP contribution is 2.24. The zero-order chi connectivity index (χ0) is 14.7. The third-order valence-corrected chi connectivity index (χ3v) is 5.05. The molecule has 1 aliphatic rings. The van der Waals surface area contributed by atoms with Gasteiger partial charge in [-0.25, -0.2) is 0 Å². The number of likely N-dealkylation sites (tertiary alicyclic amines) is 1. The maximum atomic E-state index is 12.5. The third-order valence-electron chi connectivity index (χ3n) is 3.90. The van der Waals surface area contributed by atoms with E-state index in [0.717, 1.165) is 34.1 Å². The van der Waals surface area contributed by atoms with Gasteiger partial charge in [-0.3, -0.25) is 9.69 Å². The summed E-state index contributed by atoms with van der Waals surface area (Å²) in [5, 5.41) is 0. The molecule has 1 saturated heterocycles. The van der Waals surface area contributed by atoms with Gasteiger partial charge in [0.15, 0.2) is 0 Å². The molecule has 0 saturated carbocycles. The topological polar surface area (TPSA) is 23.6 Å². The summed E-state index contributed by atoms with van der Waals surface area (Å²) >= 11 is 6.88. The van der Waals surface area contributed by atoms with Crippen molar-refractivity contribution in [2.24, 2.45) is 0 Å². The van der Waals surface area contributed by atoms with Crippen LogP contribution < -0.4 is 0 Å². The van der Waals surface area contributed by atoms with Gasteiger partial charge in [-0.1, -0.05) is 22.9 Å². The second-order valence-corrected chi connectivity index (χ2v) is 7.00. The van der Waals surface area contributed by atoms with Gasteiger partial charge in [-0.05, 0) is 60.1 Å². The van der Waals surface area contributed by atoms with Crippen LogP contribution in [-0.2, 0) is 0 Å². The van der Waals surface area contributed by atoms with Crippen LogP contribution in [0, 0.1) is 0 Å². The highest BCUT2D eigenvalue weighted by molar-refractivity contribution is 9.11. The number of hydrogen-bond acceptors (Lipinski definition) is 2. The number of rotatable bonds is 4. The van der Waals surface area contributed by atoms with Crippen molar-refractivity contribution in [2.45, 2.75) is 25.8 Å². The minimum Gasteiger partial charge on any atom is -0.340 e. The highest BCUT2D eigenvalue weighted by Gasteiger charge is 2.26. The summed E-state index contributed by atoms with van der Waals surface area (Å²) in [4.78, 5) is 16.8. The van der Waals surface area contributed by atoms with Gasteiger partial charge in [0.25, 0.3) is 5.91 Å². The summed E-state index contributed by atoms with van der Waals surface area (Å²) in [6.07, 6.45) is 2.43.